The highest BCUT2D eigenvalue weighted by Gasteiger charge is 2.45. The molecule has 3 fully saturated rings. The Labute approximate surface area is 176 Å². The topological polar surface area (TPSA) is 36.0 Å². The fourth-order valence-electron chi connectivity index (χ4n) is 5.55. The molecule has 2 bridgehead atoms. The Bertz CT molecular complexity index is 688. The second-order valence-corrected chi connectivity index (χ2v) is 10.2. The van der Waals surface area contributed by atoms with Crippen LogP contribution in [0.3, 0.4) is 0 Å². The van der Waals surface area contributed by atoms with Crippen molar-refractivity contribution in [2.24, 2.45) is 0 Å². The Morgan fingerprint density at radius 3 is 2.34 bits per heavy atom. The summed E-state index contributed by atoms with van der Waals surface area (Å²) in [6, 6.07) is 12.4. The lowest BCUT2D eigenvalue weighted by molar-refractivity contribution is -0.00910. The third-order valence-electron chi connectivity index (χ3n) is 6.96. The molecule has 1 aromatic carbocycles. The summed E-state index contributed by atoms with van der Waals surface area (Å²) >= 11 is 0. The van der Waals surface area contributed by atoms with Gasteiger partial charge in [-0.3, -0.25) is 4.90 Å². The number of ether oxygens (including phenoxy) is 1. The number of amides is 1. The third kappa shape index (κ3) is 4.77. The average molecular weight is 400 g/mol. The van der Waals surface area contributed by atoms with Crippen molar-refractivity contribution >= 4 is 6.09 Å². The molecule has 1 amide bonds. The number of hydrogen-bond donors (Lipinski definition) is 0. The SMILES string of the molecule is CN1C2CCC1CC(N(C(=O)OC(C)(C)C)C1CCN(Cc3ccccc3)C1)C2. The molecule has 3 heterocycles. The minimum absolute atomic E-state index is 0.113. The number of carbonyl (C=O) groups excluding carboxylic acids is 1. The smallest absolute Gasteiger partial charge is 0.410 e. The first kappa shape index (κ1) is 20.7. The summed E-state index contributed by atoms with van der Waals surface area (Å²) in [6.07, 6.45) is 5.63. The van der Waals surface area contributed by atoms with E-state index >= 15 is 0 Å². The molecule has 3 unspecified atom stereocenters. The number of likely N-dealkylation sites (tertiary alicyclic amines) is 1. The first-order valence-corrected chi connectivity index (χ1v) is 11.3. The minimum Gasteiger partial charge on any atom is -0.444 e. The van der Waals surface area contributed by atoms with Crippen molar-refractivity contribution < 1.29 is 9.53 Å². The van der Waals surface area contributed by atoms with Gasteiger partial charge >= 0.3 is 6.09 Å². The summed E-state index contributed by atoms with van der Waals surface area (Å²) in [5.41, 5.74) is 0.886. The minimum atomic E-state index is -0.456. The summed E-state index contributed by atoms with van der Waals surface area (Å²) in [4.78, 5) is 20.5. The van der Waals surface area contributed by atoms with Gasteiger partial charge in [0.15, 0.2) is 0 Å². The van der Waals surface area contributed by atoms with Crippen LogP contribution in [0.2, 0.25) is 0 Å². The molecule has 1 aromatic rings. The van der Waals surface area contributed by atoms with E-state index in [1.165, 1.54) is 18.4 Å². The van der Waals surface area contributed by atoms with Gasteiger partial charge in [-0.25, -0.2) is 4.79 Å². The van der Waals surface area contributed by atoms with E-state index in [0.29, 0.717) is 18.1 Å². The average Bonchev–Trinajstić information content (AvgIpc) is 3.15. The predicted molar refractivity (Wildman–Crippen MR) is 116 cm³/mol. The van der Waals surface area contributed by atoms with Gasteiger partial charge in [-0.2, -0.15) is 0 Å². The second-order valence-electron chi connectivity index (χ2n) is 10.2. The van der Waals surface area contributed by atoms with Crippen LogP contribution < -0.4 is 0 Å². The summed E-state index contributed by atoms with van der Waals surface area (Å²) in [6.45, 7) is 8.85. The lowest BCUT2D eigenvalue weighted by Crippen LogP contribution is -2.55. The van der Waals surface area contributed by atoms with Crippen molar-refractivity contribution in [3.05, 3.63) is 35.9 Å². The third-order valence-corrected chi connectivity index (χ3v) is 6.96. The summed E-state index contributed by atoms with van der Waals surface area (Å²) in [5.74, 6) is 0. The van der Waals surface area contributed by atoms with Gasteiger partial charge in [-0.1, -0.05) is 30.3 Å². The van der Waals surface area contributed by atoms with Crippen molar-refractivity contribution in [1.29, 1.82) is 0 Å². The molecule has 29 heavy (non-hydrogen) atoms. The van der Waals surface area contributed by atoms with E-state index < -0.39 is 5.60 Å². The van der Waals surface area contributed by atoms with Crippen LogP contribution in [-0.2, 0) is 11.3 Å². The molecule has 0 radical (unpaired) electrons. The van der Waals surface area contributed by atoms with Crippen LogP contribution in [0.1, 0.15) is 58.4 Å². The maximum atomic E-state index is 13.3. The van der Waals surface area contributed by atoms with E-state index in [1.54, 1.807) is 0 Å². The van der Waals surface area contributed by atoms with E-state index in [4.69, 9.17) is 4.74 Å². The Kier molecular flexibility index (Phi) is 5.90. The monoisotopic (exact) mass is 399 g/mol. The van der Waals surface area contributed by atoms with Crippen molar-refractivity contribution in [3.63, 3.8) is 0 Å². The Balaban J connectivity index is 1.47. The van der Waals surface area contributed by atoms with Gasteiger partial charge in [0.05, 0.1) is 0 Å². The number of piperidine rings is 1. The predicted octanol–water partition coefficient (Wildman–Crippen LogP) is 4.12. The van der Waals surface area contributed by atoms with Crippen LogP contribution in [0.15, 0.2) is 30.3 Å². The second kappa shape index (κ2) is 8.27. The molecule has 3 saturated heterocycles. The van der Waals surface area contributed by atoms with Crippen LogP contribution in [0.25, 0.3) is 0 Å². The molecule has 160 valence electrons. The van der Waals surface area contributed by atoms with Crippen molar-refractivity contribution in [2.75, 3.05) is 20.1 Å². The van der Waals surface area contributed by atoms with Crippen LogP contribution in [0, 0.1) is 0 Å². The highest BCUT2D eigenvalue weighted by Crippen LogP contribution is 2.38. The lowest BCUT2D eigenvalue weighted by Gasteiger charge is -2.44. The van der Waals surface area contributed by atoms with E-state index in [-0.39, 0.29) is 12.1 Å². The van der Waals surface area contributed by atoms with Crippen molar-refractivity contribution in [2.45, 2.75) is 89.2 Å². The van der Waals surface area contributed by atoms with Gasteiger partial charge in [0.2, 0.25) is 0 Å². The summed E-state index contributed by atoms with van der Waals surface area (Å²) in [7, 11) is 2.26. The van der Waals surface area contributed by atoms with E-state index in [2.05, 4.69) is 52.1 Å². The fourth-order valence-corrected chi connectivity index (χ4v) is 5.55. The number of nitrogens with zero attached hydrogens (tertiary/aromatic N) is 3. The molecule has 5 heteroatoms. The Morgan fingerprint density at radius 2 is 1.72 bits per heavy atom. The number of hydrogen-bond acceptors (Lipinski definition) is 4. The van der Waals surface area contributed by atoms with Crippen LogP contribution >= 0.6 is 0 Å². The fraction of sp³-hybridized carbons (Fsp3) is 0.708. The first-order chi connectivity index (χ1) is 13.8. The largest absolute Gasteiger partial charge is 0.444 e. The summed E-state index contributed by atoms with van der Waals surface area (Å²) in [5, 5.41) is 0. The van der Waals surface area contributed by atoms with Gasteiger partial charge in [0, 0.05) is 43.8 Å². The molecule has 0 saturated carbocycles. The van der Waals surface area contributed by atoms with E-state index in [0.717, 1.165) is 38.9 Å². The normalized spacial score (nSPS) is 30.5. The Morgan fingerprint density at radius 1 is 1.07 bits per heavy atom. The molecule has 3 aliphatic heterocycles. The van der Waals surface area contributed by atoms with E-state index in [1.807, 2.05) is 20.8 Å². The lowest BCUT2D eigenvalue weighted by atomic mass is 9.95. The van der Waals surface area contributed by atoms with Gasteiger partial charge in [-0.05, 0) is 65.5 Å². The summed E-state index contributed by atoms with van der Waals surface area (Å²) < 4.78 is 5.89. The number of benzene rings is 1. The molecule has 3 aliphatic rings. The molecule has 5 nitrogen and oxygen atoms in total. The molecule has 4 rings (SSSR count). The molecule has 3 atom stereocenters. The van der Waals surface area contributed by atoms with Crippen LogP contribution in [-0.4, -0.2) is 70.7 Å². The van der Waals surface area contributed by atoms with Crippen LogP contribution in [0.5, 0.6) is 0 Å². The number of fused-ring (bicyclic) bond motifs is 2. The van der Waals surface area contributed by atoms with Crippen molar-refractivity contribution in [1.82, 2.24) is 14.7 Å². The molecule has 0 spiro atoms. The highest BCUT2D eigenvalue weighted by atomic mass is 16.6. The van der Waals surface area contributed by atoms with E-state index in [9.17, 15) is 4.79 Å². The molecule has 0 aliphatic carbocycles. The zero-order valence-corrected chi connectivity index (χ0v) is 18.5. The zero-order valence-electron chi connectivity index (χ0n) is 18.5. The van der Waals surface area contributed by atoms with Crippen molar-refractivity contribution in [3.8, 4) is 0 Å². The molecular formula is C24H37N3O2. The molecule has 0 N–H and O–H groups in total. The van der Waals surface area contributed by atoms with Gasteiger partial charge in [-0.15, -0.1) is 0 Å². The molecular weight excluding hydrogens is 362 g/mol. The maximum absolute atomic E-state index is 13.3. The first-order valence-electron chi connectivity index (χ1n) is 11.3. The van der Waals surface area contributed by atoms with Gasteiger partial charge < -0.3 is 14.5 Å². The quantitative estimate of drug-likeness (QED) is 0.763. The maximum Gasteiger partial charge on any atom is 0.410 e. The number of carbonyl (C=O) groups is 1. The zero-order chi connectivity index (χ0) is 20.6. The van der Waals surface area contributed by atoms with Gasteiger partial charge in [0.25, 0.3) is 0 Å². The van der Waals surface area contributed by atoms with Crippen LogP contribution in [0.4, 0.5) is 4.79 Å². The van der Waals surface area contributed by atoms with Gasteiger partial charge in [0.1, 0.15) is 5.60 Å². The standard InChI is InChI=1S/C24H37N3O2/c1-24(2,3)29-23(28)27(22-14-19-10-11-20(15-22)25(19)4)21-12-13-26(17-21)16-18-8-6-5-7-9-18/h5-9,19-22H,10-17H2,1-4H3. The molecule has 0 aromatic heterocycles. The highest BCUT2D eigenvalue weighted by molar-refractivity contribution is 5.69. The Hall–Kier alpha value is -1.59. The number of rotatable bonds is 4.